The molecular formula is C15H32N2. The van der Waals surface area contributed by atoms with Gasteiger partial charge in [0.05, 0.1) is 0 Å². The molecule has 1 heterocycles. The SMILES string of the molecule is CN1C(C)(C)CC(NCC(C)(C)C)CC1(C)C. The van der Waals surface area contributed by atoms with E-state index in [0.717, 1.165) is 6.54 Å². The molecule has 0 amide bonds. The van der Waals surface area contributed by atoms with Crippen LogP contribution < -0.4 is 5.32 Å². The number of nitrogens with one attached hydrogen (secondary N) is 1. The van der Waals surface area contributed by atoms with Crippen LogP contribution in [0, 0.1) is 5.41 Å². The highest BCUT2D eigenvalue weighted by Gasteiger charge is 2.42. The van der Waals surface area contributed by atoms with Crippen LogP contribution in [0.3, 0.4) is 0 Å². The third-order valence-electron chi connectivity index (χ3n) is 4.23. The number of nitrogens with zero attached hydrogens (tertiary/aromatic N) is 1. The van der Waals surface area contributed by atoms with Crippen molar-refractivity contribution >= 4 is 0 Å². The molecule has 17 heavy (non-hydrogen) atoms. The summed E-state index contributed by atoms with van der Waals surface area (Å²) in [6.45, 7) is 17.4. The van der Waals surface area contributed by atoms with Crippen LogP contribution in [0.5, 0.6) is 0 Å². The van der Waals surface area contributed by atoms with Crippen LogP contribution in [0.4, 0.5) is 0 Å². The van der Waals surface area contributed by atoms with Gasteiger partial charge in [0.2, 0.25) is 0 Å². The first kappa shape index (κ1) is 15.0. The van der Waals surface area contributed by atoms with E-state index in [2.05, 4.69) is 65.7 Å². The summed E-state index contributed by atoms with van der Waals surface area (Å²) in [7, 11) is 2.26. The lowest BCUT2D eigenvalue weighted by atomic mass is 9.77. The van der Waals surface area contributed by atoms with Crippen LogP contribution in [0.25, 0.3) is 0 Å². The zero-order valence-corrected chi connectivity index (χ0v) is 13.1. The van der Waals surface area contributed by atoms with Gasteiger partial charge in [0.25, 0.3) is 0 Å². The number of rotatable bonds is 2. The van der Waals surface area contributed by atoms with Gasteiger partial charge in [-0.15, -0.1) is 0 Å². The van der Waals surface area contributed by atoms with Crippen LogP contribution in [-0.2, 0) is 0 Å². The highest BCUT2D eigenvalue weighted by Crippen LogP contribution is 2.36. The molecule has 2 heteroatoms. The summed E-state index contributed by atoms with van der Waals surface area (Å²) in [5, 5.41) is 3.77. The van der Waals surface area contributed by atoms with Gasteiger partial charge in [-0.25, -0.2) is 0 Å². The predicted molar refractivity (Wildman–Crippen MR) is 76.4 cm³/mol. The van der Waals surface area contributed by atoms with E-state index in [0.29, 0.717) is 11.5 Å². The summed E-state index contributed by atoms with van der Waals surface area (Å²) >= 11 is 0. The van der Waals surface area contributed by atoms with Crippen LogP contribution >= 0.6 is 0 Å². The van der Waals surface area contributed by atoms with Gasteiger partial charge in [-0.3, -0.25) is 4.90 Å². The third kappa shape index (κ3) is 3.96. The largest absolute Gasteiger partial charge is 0.313 e. The minimum Gasteiger partial charge on any atom is -0.313 e. The monoisotopic (exact) mass is 240 g/mol. The van der Waals surface area contributed by atoms with E-state index in [1.165, 1.54) is 12.8 Å². The molecule has 1 aliphatic rings. The lowest BCUT2D eigenvalue weighted by Gasteiger charge is -2.54. The van der Waals surface area contributed by atoms with Crippen molar-refractivity contribution in [2.45, 2.75) is 78.4 Å². The van der Waals surface area contributed by atoms with E-state index in [1.807, 2.05) is 0 Å². The Morgan fingerprint density at radius 1 is 1.06 bits per heavy atom. The van der Waals surface area contributed by atoms with Gasteiger partial charge < -0.3 is 5.32 Å². The van der Waals surface area contributed by atoms with E-state index in [1.54, 1.807) is 0 Å². The third-order valence-corrected chi connectivity index (χ3v) is 4.23. The van der Waals surface area contributed by atoms with Crippen molar-refractivity contribution in [1.82, 2.24) is 10.2 Å². The Kier molecular flexibility index (Phi) is 4.01. The lowest BCUT2D eigenvalue weighted by molar-refractivity contribution is -0.0193. The second-order valence-corrected chi connectivity index (χ2v) is 8.23. The quantitative estimate of drug-likeness (QED) is 0.797. The summed E-state index contributed by atoms with van der Waals surface area (Å²) in [5.74, 6) is 0. The fourth-order valence-electron chi connectivity index (χ4n) is 2.97. The molecular weight excluding hydrogens is 208 g/mol. The smallest absolute Gasteiger partial charge is 0.0170 e. The molecule has 0 spiro atoms. The maximum absolute atomic E-state index is 3.77. The lowest BCUT2D eigenvalue weighted by Crippen LogP contribution is -2.62. The normalized spacial score (nSPS) is 26.1. The van der Waals surface area contributed by atoms with Gasteiger partial charge in [-0.1, -0.05) is 20.8 Å². The number of likely N-dealkylation sites (tertiary alicyclic amines) is 1. The van der Waals surface area contributed by atoms with Gasteiger partial charge in [-0.2, -0.15) is 0 Å². The van der Waals surface area contributed by atoms with Crippen molar-refractivity contribution in [3.05, 3.63) is 0 Å². The molecule has 0 saturated carbocycles. The molecule has 1 N–H and O–H groups in total. The second kappa shape index (κ2) is 4.55. The molecule has 1 rings (SSSR count). The van der Waals surface area contributed by atoms with Crippen molar-refractivity contribution < 1.29 is 0 Å². The van der Waals surface area contributed by atoms with Gasteiger partial charge in [0, 0.05) is 23.7 Å². The Hall–Kier alpha value is -0.0800. The minimum absolute atomic E-state index is 0.289. The standard InChI is InChI=1S/C15H32N2/c1-13(2,3)11-16-12-9-14(4,5)17(8)15(6,7)10-12/h12,16H,9-11H2,1-8H3. The first-order valence-electron chi connectivity index (χ1n) is 6.91. The first-order chi connectivity index (χ1) is 7.44. The van der Waals surface area contributed by atoms with Gasteiger partial charge in [0.1, 0.15) is 0 Å². The average Bonchev–Trinajstić information content (AvgIpc) is 2.09. The van der Waals surface area contributed by atoms with E-state index < -0.39 is 0 Å². The zero-order valence-electron chi connectivity index (χ0n) is 13.1. The summed E-state index contributed by atoms with van der Waals surface area (Å²) in [6, 6.07) is 0.649. The Morgan fingerprint density at radius 3 is 1.82 bits per heavy atom. The summed E-state index contributed by atoms with van der Waals surface area (Å²) in [5.41, 5.74) is 0.951. The molecule has 0 radical (unpaired) electrons. The Morgan fingerprint density at radius 2 is 1.47 bits per heavy atom. The first-order valence-corrected chi connectivity index (χ1v) is 6.91. The highest BCUT2D eigenvalue weighted by atomic mass is 15.2. The topological polar surface area (TPSA) is 15.3 Å². The fraction of sp³-hybridized carbons (Fsp3) is 1.00. The predicted octanol–water partition coefficient (Wildman–Crippen LogP) is 3.27. The average molecular weight is 240 g/mol. The summed E-state index contributed by atoms with van der Waals surface area (Å²) < 4.78 is 0. The fourth-order valence-corrected chi connectivity index (χ4v) is 2.97. The van der Waals surface area contributed by atoms with Crippen molar-refractivity contribution in [2.75, 3.05) is 13.6 Å². The second-order valence-electron chi connectivity index (χ2n) is 8.23. The molecule has 1 aliphatic heterocycles. The molecule has 1 fully saturated rings. The van der Waals surface area contributed by atoms with Crippen molar-refractivity contribution in [1.29, 1.82) is 0 Å². The number of piperidine rings is 1. The highest BCUT2D eigenvalue weighted by molar-refractivity contribution is 5.00. The molecule has 0 aromatic carbocycles. The van der Waals surface area contributed by atoms with Crippen molar-refractivity contribution in [3.8, 4) is 0 Å². The Bertz CT molecular complexity index is 243. The van der Waals surface area contributed by atoms with Gasteiger partial charge >= 0.3 is 0 Å². The van der Waals surface area contributed by atoms with Crippen molar-refractivity contribution in [3.63, 3.8) is 0 Å². The van der Waals surface area contributed by atoms with E-state index >= 15 is 0 Å². The number of hydrogen-bond donors (Lipinski definition) is 1. The van der Waals surface area contributed by atoms with Gasteiger partial charge in [-0.05, 0) is 53.0 Å². The molecule has 102 valence electrons. The Balaban J connectivity index is 2.66. The van der Waals surface area contributed by atoms with E-state index in [4.69, 9.17) is 0 Å². The molecule has 0 aromatic heterocycles. The Labute approximate surface area is 108 Å². The zero-order chi connectivity index (χ0) is 13.5. The number of hydrogen-bond acceptors (Lipinski definition) is 2. The molecule has 0 unspecified atom stereocenters. The summed E-state index contributed by atoms with van der Waals surface area (Å²) in [4.78, 5) is 2.54. The molecule has 2 nitrogen and oxygen atoms in total. The summed E-state index contributed by atoms with van der Waals surface area (Å²) in [6.07, 6.45) is 2.48. The molecule has 0 aromatic rings. The van der Waals surface area contributed by atoms with Crippen LogP contribution in [-0.4, -0.2) is 35.6 Å². The van der Waals surface area contributed by atoms with E-state index in [-0.39, 0.29) is 11.1 Å². The van der Waals surface area contributed by atoms with Crippen LogP contribution in [0.15, 0.2) is 0 Å². The van der Waals surface area contributed by atoms with Crippen LogP contribution in [0.2, 0.25) is 0 Å². The minimum atomic E-state index is 0.289. The molecule has 1 saturated heterocycles. The van der Waals surface area contributed by atoms with Crippen molar-refractivity contribution in [2.24, 2.45) is 5.41 Å². The molecule has 0 atom stereocenters. The maximum Gasteiger partial charge on any atom is 0.0170 e. The molecule has 0 bridgehead atoms. The van der Waals surface area contributed by atoms with E-state index in [9.17, 15) is 0 Å². The van der Waals surface area contributed by atoms with Gasteiger partial charge in [0.15, 0.2) is 0 Å². The maximum atomic E-state index is 3.77. The van der Waals surface area contributed by atoms with Crippen LogP contribution in [0.1, 0.15) is 61.3 Å². The molecule has 0 aliphatic carbocycles.